The molecule has 33 heavy (non-hydrogen) atoms. The molecule has 3 aromatic rings. The Hall–Kier alpha value is -4.21. The lowest BCUT2D eigenvalue weighted by atomic mass is 10.0. The van der Waals surface area contributed by atoms with Crippen molar-refractivity contribution in [2.24, 2.45) is 0 Å². The van der Waals surface area contributed by atoms with Gasteiger partial charge in [-0.05, 0) is 54.1 Å². The Bertz CT molecular complexity index is 1180. The molecule has 0 atom stereocenters. The van der Waals surface area contributed by atoms with E-state index in [1.807, 2.05) is 0 Å². The van der Waals surface area contributed by atoms with Crippen LogP contribution in [0.2, 0.25) is 0 Å². The molecule has 1 aliphatic rings. The Morgan fingerprint density at radius 1 is 0.939 bits per heavy atom. The van der Waals surface area contributed by atoms with Crippen LogP contribution in [0.3, 0.4) is 0 Å². The van der Waals surface area contributed by atoms with Crippen molar-refractivity contribution in [2.45, 2.75) is 12.9 Å². The van der Waals surface area contributed by atoms with Crippen molar-refractivity contribution < 1.29 is 36.7 Å². The average molecular weight is 458 g/mol. The second-order valence-electron chi connectivity index (χ2n) is 6.95. The highest BCUT2D eigenvalue weighted by atomic mass is 19.4. The largest absolute Gasteiger partial charge is 0.573 e. The van der Waals surface area contributed by atoms with Gasteiger partial charge in [0, 0.05) is 5.69 Å². The Kier molecular flexibility index (Phi) is 5.82. The van der Waals surface area contributed by atoms with E-state index >= 15 is 0 Å². The fourth-order valence-electron chi connectivity index (χ4n) is 3.30. The zero-order chi connectivity index (χ0) is 23.6. The van der Waals surface area contributed by atoms with E-state index in [1.165, 1.54) is 25.5 Å². The van der Waals surface area contributed by atoms with Gasteiger partial charge in [-0.2, -0.15) is 0 Å². The monoisotopic (exact) mass is 458 g/mol. The van der Waals surface area contributed by atoms with Gasteiger partial charge in [-0.15, -0.1) is 13.2 Å². The van der Waals surface area contributed by atoms with Crippen LogP contribution in [0.1, 0.15) is 11.3 Å². The minimum absolute atomic E-state index is 0.0128. The predicted octanol–water partition coefficient (Wildman–Crippen LogP) is 4.58. The van der Waals surface area contributed by atoms with E-state index in [1.54, 1.807) is 36.4 Å². The second-order valence-corrected chi connectivity index (χ2v) is 6.95. The maximum atomic E-state index is 13.2. The smallest absolute Gasteiger partial charge is 0.497 e. The van der Waals surface area contributed by atoms with Gasteiger partial charge in [-0.25, -0.2) is 0 Å². The maximum absolute atomic E-state index is 13.2. The van der Waals surface area contributed by atoms with Crippen LogP contribution in [-0.4, -0.2) is 30.2 Å². The summed E-state index contributed by atoms with van der Waals surface area (Å²) in [5.74, 6) is -0.566. The third kappa shape index (κ3) is 4.84. The highest BCUT2D eigenvalue weighted by Crippen LogP contribution is 2.33. The SMILES string of the molecule is COc1ccc(C2=C(Nc3ccc(OC(F)(F)F)cc3)C(=O)N(Cc3ccco3)C2=O)cc1. The lowest BCUT2D eigenvalue weighted by Crippen LogP contribution is -2.31. The molecule has 1 aliphatic heterocycles. The highest BCUT2D eigenvalue weighted by Gasteiger charge is 2.39. The highest BCUT2D eigenvalue weighted by molar-refractivity contribution is 6.36. The molecule has 1 aromatic heterocycles. The number of hydrogen-bond donors (Lipinski definition) is 1. The van der Waals surface area contributed by atoms with Crippen molar-refractivity contribution in [3.63, 3.8) is 0 Å². The van der Waals surface area contributed by atoms with Gasteiger partial charge in [-0.1, -0.05) is 12.1 Å². The number of rotatable bonds is 7. The summed E-state index contributed by atoms with van der Waals surface area (Å²) < 4.78 is 51.5. The normalized spacial score (nSPS) is 14.1. The number of nitrogens with zero attached hydrogens (tertiary/aromatic N) is 1. The fraction of sp³-hybridized carbons (Fsp3) is 0.130. The van der Waals surface area contributed by atoms with Crippen molar-refractivity contribution >= 4 is 23.1 Å². The van der Waals surface area contributed by atoms with Crippen LogP contribution in [0.5, 0.6) is 11.5 Å². The number of nitrogens with one attached hydrogen (secondary N) is 1. The molecule has 2 amide bonds. The average Bonchev–Trinajstić information content (AvgIpc) is 3.37. The molecule has 7 nitrogen and oxygen atoms in total. The van der Waals surface area contributed by atoms with Gasteiger partial charge in [-0.3, -0.25) is 14.5 Å². The molecule has 2 aromatic carbocycles. The van der Waals surface area contributed by atoms with Crippen LogP contribution in [0, 0.1) is 0 Å². The lowest BCUT2D eigenvalue weighted by molar-refractivity contribution is -0.274. The summed E-state index contributed by atoms with van der Waals surface area (Å²) >= 11 is 0. The van der Waals surface area contributed by atoms with E-state index < -0.39 is 23.9 Å². The number of hydrogen-bond acceptors (Lipinski definition) is 6. The van der Waals surface area contributed by atoms with Crippen molar-refractivity contribution in [3.8, 4) is 11.5 Å². The molecule has 1 N–H and O–H groups in total. The van der Waals surface area contributed by atoms with Crippen molar-refractivity contribution in [2.75, 3.05) is 12.4 Å². The molecular weight excluding hydrogens is 441 g/mol. The quantitative estimate of drug-likeness (QED) is 0.522. The van der Waals surface area contributed by atoms with Gasteiger partial charge in [0.25, 0.3) is 11.8 Å². The standard InChI is InChI=1S/C23H17F3N2O5/c1-31-16-8-4-14(5-9-16)19-20(22(30)28(21(19)29)13-18-3-2-12-32-18)27-15-6-10-17(11-7-15)33-23(24,25)26/h2-12,27H,13H2,1H3. The molecule has 0 radical (unpaired) electrons. The maximum Gasteiger partial charge on any atom is 0.573 e. The Morgan fingerprint density at radius 2 is 1.61 bits per heavy atom. The van der Waals surface area contributed by atoms with Crippen LogP contribution in [0.25, 0.3) is 5.57 Å². The van der Waals surface area contributed by atoms with E-state index in [0.717, 1.165) is 17.0 Å². The van der Waals surface area contributed by atoms with Gasteiger partial charge >= 0.3 is 6.36 Å². The molecule has 0 aliphatic carbocycles. The molecular formula is C23H17F3N2O5. The number of alkyl halides is 3. The number of methoxy groups -OCH3 is 1. The number of imide groups is 1. The summed E-state index contributed by atoms with van der Waals surface area (Å²) in [4.78, 5) is 27.4. The van der Waals surface area contributed by atoms with Gasteiger partial charge in [0.15, 0.2) is 0 Å². The lowest BCUT2D eigenvalue weighted by Gasteiger charge is -2.14. The van der Waals surface area contributed by atoms with Crippen LogP contribution >= 0.6 is 0 Å². The number of benzene rings is 2. The zero-order valence-corrected chi connectivity index (χ0v) is 17.2. The van der Waals surface area contributed by atoms with Gasteiger partial charge in [0.05, 0.1) is 25.5 Å². The molecule has 2 heterocycles. The van der Waals surface area contributed by atoms with Crippen LogP contribution in [0.15, 0.2) is 77.0 Å². The summed E-state index contributed by atoms with van der Waals surface area (Å²) in [6.07, 6.45) is -3.39. The fourth-order valence-corrected chi connectivity index (χ4v) is 3.30. The number of furan rings is 1. The van der Waals surface area contributed by atoms with Crippen molar-refractivity contribution in [1.29, 1.82) is 0 Å². The predicted molar refractivity (Wildman–Crippen MR) is 111 cm³/mol. The first-order chi connectivity index (χ1) is 15.7. The molecule has 0 bridgehead atoms. The summed E-state index contributed by atoms with van der Waals surface area (Å²) in [6, 6.07) is 14.7. The summed E-state index contributed by atoms with van der Waals surface area (Å²) in [6.45, 7) is -0.0755. The summed E-state index contributed by atoms with van der Waals surface area (Å²) in [5, 5.41) is 2.87. The minimum atomic E-state index is -4.82. The van der Waals surface area contributed by atoms with Gasteiger partial charge in [0.1, 0.15) is 23.0 Å². The topological polar surface area (TPSA) is 81.0 Å². The first-order valence-corrected chi connectivity index (χ1v) is 9.65. The summed E-state index contributed by atoms with van der Waals surface area (Å²) in [7, 11) is 1.50. The van der Waals surface area contributed by atoms with Crippen molar-refractivity contribution in [1.82, 2.24) is 4.90 Å². The third-order valence-electron chi connectivity index (χ3n) is 4.80. The molecule has 0 unspecified atom stereocenters. The number of halogens is 3. The van der Waals surface area contributed by atoms with Crippen LogP contribution < -0.4 is 14.8 Å². The summed E-state index contributed by atoms with van der Waals surface area (Å²) in [5.41, 5.74) is 0.869. The molecule has 10 heteroatoms. The molecule has 170 valence electrons. The first-order valence-electron chi connectivity index (χ1n) is 9.65. The number of carbonyl (C=O) groups is 2. The van der Waals surface area contributed by atoms with E-state index in [4.69, 9.17) is 9.15 Å². The van der Waals surface area contributed by atoms with E-state index in [-0.39, 0.29) is 17.8 Å². The molecule has 0 fully saturated rings. The first kappa shape index (κ1) is 22.0. The van der Waals surface area contributed by atoms with E-state index in [9.17, 15) is 22.8 Å². The molecule has 0 spiro atoms. The Morgan fingerprint density at radius 3 is 2.18 bits per heavy atom. The number of anilines is 1. The van der Waals surface area contributed by atoms with E-state index in [2.05, 4.69) is 10.1 Å². The molecule has 4 rings (SSSR count). The van der Waals surface area contributed by atoms with Crippen molar-refractivity contribution in [3.05, 3.63) is 83.9 Å². The molecule has 0 saturated heterocycles. The molecule has 0 saturated carbocycles. The van der Waals surface area contributed by atoms with E-state index in [0.29, 0.717) is 22.8 Å². The van der Waals surface area contributed by atoms with Gasteiger partial charge in [0.2, 0.25) is 0 Å². The number of amides is 2. The minimum Gasteiger partial charge on any atom is -0.497 e. The number of ether oxygens (including phenoxy) is 2. The second kappa shape index (κ2) is 8.73. The number of carbonyl (C=O) groups excluding carboxylic acids is 2. The Balaban J connectivity index is 1.67. The Labute approximate surface area is 186 Å². The zero-order valence-electron chi connectivity index (χ0n) is 17.2. The van der Waals surface area contributed by atoms with Gasteiger partial charge < -0.3 is 19.2 Å². The third-order valence-corrected chi connectivity index (χ3v) is 4.80. The van der Waals surface area contributed by atoms with Crippen LogP contribution in [0.4, 0.5) is 18.9 Å². The van der Waals surface area contributed by atoms with Crippen LogP contribution in [-0.2, 0) is 16.1 Å².